The molecule has 2 rings (SSSR count). The van der Waals surface area contributed by atoms with Gasteiger partial charge in [-0.15, -0.1) is 0 Å². The maximum Gasteiger partial charge on any atom is 0.00682 e. The fourth-order valence-corrected chi connectivity index (χ4v) is 2.47. The van der Waals surface area contributed by atoms with Crippen LogP contribution in [-0.4, -0.2) is 25.2 Å². The van der Waals surface area contributed by atoms with Gasteiger partial charge in [-0.2, -0.15) is 0 Å². The van der Waals surface area contributed by atoms with Crippen molar-refractivity contribution < 1.29 is 0 Å². The van der Waals surface area contributed by atoms with E-state index in [0.717, 1.165) is 12.1 Å². The first kappa shape index (κ1) is 11.4. The highest BCUT2D eigenvalue weighted by Crippen LogP contribution is 2.18. The largest absolute Gasteiger partial charge is 0.314 e. The zero-order valence-electron chi connectivity index (χ0n) is 9.93. The van der Waals surface area contributed by atoms with Crippen LogP contribution in [0.2, 0.25) is 0 Å². The first-order valence-corrected chi connectivity index (χ1v) is 6.92. The van der Waals surface area contributed by atoms with Crippen LogP contribution in [0.25, 0.3) is 0 Å². The van der Waals surface area contributed by atoms with Crippen molar-refractivity contribution in [3.8, 4) is 0 Å². The molecule has 88 valence electrons. The van der Waals surface area contributed by atoms with Gasteiger partial charge in [0, 0.05) is 12.1 Å². The predicted octanol–water partition coefficient (Wildman–Crippen LogP) is 2.44. The van der Waals surface area contributed by atoms with Crippen LogP contribution >= 0.6 is 0 Å². The van der Waals surface area contributed by atoms with Gasteiger partial charge < -0.3 is 10.6 Å². The predicted molar refractivity (Wildman–Crippen MR) is 65.1 cm³/mol. The zero-order chi connectivity index (χ0) is 10.3. The van der Waals surface area contributed by atoms with E-state index in [2.05, 4.69) is 10.6 Å². The van der Waals surface area contributed by atoms with E-state index >= 15 is 0 Å². The second kappa shape index (κ2) is 6.49. The third-order valence-corrected chi connectivity index (χ3v) is 3.65. The molecule has 0 amide bonds. The minimum Gasteiger partial charge on any atom is -0.314 e. The van der Waals surface area contributed by atoms with Gasteiger partial charge in [0.2, 0.25) is 0 Å². The van der Waals surface area contributed by atoms with Gasteiger partial charge in [0.1, 0.15) is 0 Å². The Morgan fingerprint density at radius 3 is 1.73 bits per heavy atom. The molecule has 0 unspecified atom stereocenters. The third kappa shape index (κ3) is 4.98. The quantitative estimate of drug-likeness (QED) is 0.520. The highest BCUT2D eigenvalue weighted by molar-refractivity contribution is 4.80. The van der Waals surface area contributed by atoms with Crippen LogP contribution in [0, 0.1) is 0 Å². The van der Waals surface area contributed by atoms with Crippen LogP contribution in [0.5, 0.6) is 0 Å². The standard InChI is InChI=1S/C13H26N2/c1-2-4-7-12(6-3-1)14-10-5-11-15-13-8-9-13/h12-15H,1-11H2. The monoisotopic (exact) mass is 210 g/mol. The van der Waals surface area contributed by atoms with Crippen LogP contribution < -0.4 is 10.6 Å². The molecular weight excluding hydrogens is 184 g/mol. The lowest BCUT2D eigenvalue weighted by molar-refractivity contribution is 0.451. The van der Waals surface area contributed by atoms with Crippen LogP contribution in [0.4, 0.5) is 0 Å². The molecular formula is C13H26N2. The average molecular weight is 210 g/mol. The summed E-state index contributed by atoms with van der Waals surface area (Å²) in [5.74, 6) is 0. The van der Waals surface area contributed by atoms with Crippen molar-refractivity contribution >= 4 is 0 Å². The minimum absolute atomic E-state index is 0.827. The van der Waals surface area contributed by atoms with Crippen molar-refractivity contribution in [2.45, 2.75) is 69.9 Å². The smallest absolute Gasteiger partial charge is 0.00682 e. The Bertz CT molecular complexity index is 158. The molecule has 0 bridgehead atoms. The summed E-state index contributed by atoms with van der Waals surface area (Å²) in [6.07, 6.45) is 12.8. The lowest BCUT2D eigenvalue weighted by Gasteiger charge is -2.16. The normalized spacial score (nSPS) is 24.0. The van der Waals surface area contributed by atoms with E-state index in [1.807, 2.05) is 0 Å². The summed E-state index contributed by atoms with van der Waals surface area (Å²) in [5.41, 5.74) is 0. The molecule has 2 aliphatic carbocycles. The number of hydrogen-bond acceptors (Lipinski definition) is 2. The summed E-state index contributed by atoms with van der Waals surface area (Å²) < 4.78 is 0. The summed E-state index contributed by atoms with van der Waals surface area (Å²) in [6, 6.07) is 1.70. The molecule has 0 aromatic carbocycles. The Labute approximate surface area is 94.2 Å². The Balaban J connectivity index is 1.44. The van der Waals surface area contributed by atoms with E-state index in [0.29, 0.717) is 0 Å². The van der Waals surface area contributed by atoms with E-state index in [1.54, 1.807) is 0 Å². The molecule has 2 heteroatoms. The molecule has 0 heterocycles. The first-order chi connectivity index (χ1) is 7.45. The van der Waals surface area contributed by atoms with Crippen LogP contribution in [0.15, 0.2) is 0 Å². The summed E-state index contributed by atoms with van der Waals surface area (Å²) >= 11 is 0. The van der Waals surface area contributed by atoms with Gasteiger partial charge in [-0.05, 0) is 45.2 Å². The Morgan fingerprint density at radius 1 is 0.667 bits per heavy atom. The molecule has 0 aromatic heterocycles. The van der Waals surface area contributed by atoms with Gasteiger partial charge >= 0.3 is 0 Å². The van der Waals surface area contributed by atoms with Crippen LogP contribution in [-0.2, 0) is 0 Å². The number of hydrogen-bond donors (Lipinski definition) is 2. The molecule has 2 nitrogen and oxygen atoms in total. The lowest BCUT2D eigenvalue weighted by Crippen LogP contribution is -2.31. The molecule has 2 aliphatic rings. The van der Waals surface area contributed by atoms with Gasteiger partial charge in [0.05, 0.1) is 0 Å². The van der Waals surface area contributed by atoms with Crippen molar-refractivity contribution in [2.75, 3.05) is 13.1 Å². The second-order valence-corrected chi connectivity index (χ2v) is 5.22. The van der Waals surface area contributed by atoms with Gasteiger partial charge in [-0.3, -0.25) is 0 Å². The maximum absolute atomic E-state index is 3.72. The fourth-order valence-electron chi connectivity index (χ4n) is 2.47. The highest BCUT2D eigenvalue weighted by atomic mass is 15.0. The Kier molecular flexibility index (Phi) is 4.94. The van der Waals surface area contributed by atoms with Crippen molar-refractivity contribution in [2.24, 2.45) is 0 Å². The maximum atomic E-state index is 3.72. The summed E-state index contributed by atoms with van der Waals surface area (Å²) in [5, 5.41) is 7.28. The van der Waals surface area contributed by atoms with E-state index in [9.17, 15) is 0 Å². The molecule has 2 fully saturated rings. The van der Waals surface area contributed by atoms with Crippen LogP contribution in [0.3, 0.4) is 0 Å². The molecule has 0 saturated heterocycles. The fraction of sp³-hybridized carbons (Fsp3) is 1.00. The van der Waals surface area contributed by atoms with Gasteiger partial charge in [-0.25, -0.2) is 0 Å². The first-order valence-electron chi connectivity index (χ1n) is 6.92. The number of rotatable bonds is 6. The second-order valence-electron chi connectivity index (χ2n) is 5.22. The van der Waals surface area contributed by atoms with Crippen molar-refractivity contribution in [3.05, 3.63) is 0 Å². The molecule has 0 aliphatic heterocycles. The van der Waals surface area contributed by atoms with E-state index in [-0.39, 0.29) is 0 Å². The molecule has 2 N–H and O–H groups in total. The van der Waals surface area contributed by atoms with Gasteiger partial charge in [0.15, 0.2) is 0 Å². The van der Waals surface area contributed by atoms with Crippen molar-refractivity contribution in [1.29, 1.82) is 0 Å². The highest BCUT2D eigenvalue weighted by Gasteiger charge is 2.19. The number of nitrogens with one attached hydrogen (secondary N) is 2. The van der Waals surface area contributed by atoms with Gasteiger partial charge in [0.25, 0.3) is 0 Å². The zero-order valence-corrected chi connectivity index (χ0v) is 9.93. The summed E-state index contributed by atoms with van der Waals surface area (Å²) in [6.45, 7) is 2.43. The van der Waals surface area contributed by atoms with Crippen LogP contribution in [0.1, 0.15) is 57.8 Å². The third-order valence-electron chi connectivity index (χ3n) is 3.65. The van der Waals surface area contributed by atoms with E-state index in [1.165, 1.54) is 70.9 Å². The molecule has 2 saturated carbocycles. The molecule has 0 spiro atoms. The van der Waals surface area contributed by atoms with Crippen molar-refractivity contribution in [1.82, 2.24) is 10.6 Å². The molecule has 0 radical (unpaired) electrons. The van der Waals surface area contributed by atoms with E-state index in [4.69, 9.17) is 0 Å². The molecule has 0 atom stereocenters. The Morgan fingerprint density at radius 2 is 1.20 bits per heavy atom. The minimum atomic E-state index is 0.827. The van der Waals surface area contributed by atoms with Gasteiger partial charge in [-0.1, -0.05) is 25.7 Å². The molecule has 0 aromatic rings. The molecule has 15 heavy (non-hydrogen) atoms. The topological polar surface area (TPSA) is 24.1 Å². The summed E-state index contributed by atoms with van der Waals surface area (Å²) in [7, 11) is 0. The SMILES string of the molecule is C1CCCC(NCCCNC2CC2)CC1. The summed E-state index contributed by atoms with van der Waals surface area (Å²) in [4.78, 5) is 0. The Hall–Kier alpha value is -0.0800. The average Bonchev–Trinajstić information content (AvgIpc) is 3.03. The van der Waals surface area contributed by atoms with Crippen molar-refractivity contribution in [3.63, 3.8) is 0 Å². The lowest BCUT2D eigenvalue weighted by atomic mass is 10.1. The van der Waals surface area contributed by atoms with E-state index < -0.39 is 0 Å².